The summed E-state index contributed by atoms with van der Waals surface area (Å²) in [6, 6.07) is 18.6. The van der Waals surface area contributed by atoms with Crippen molar-refractivity contribution >= 4 is 11.0 Å². The third kappa shape index (κ3) is 7.10. The highest BCUT2D eigenvalue weighted by Gasteiger charge is 2.10. The van der Waals surface area contributed by atoms with Gasteiger partial charge in [0.15, 0.2) is 0 Å². The zero-order valence-electron chi connectivity index (χ0n) is 19.2. The molecule has 4 nitrogen and oxygen atoms in total. The summed E-state index contributed by atoms with van der Waals surface area (Å²) in [7, 11) is 0. The lowest BCUT2D eigenvalue weighted by molar-refractivity contribution is 0.0730. The van der Waals surface area contributed by atoms with Gasteiger partial charge >= 0.3 is 0 Å². The number of fused-ring (bicyclic) bond motifs is 1. The van der Waals surface area contributed by atoms with Crippen molar-refractivity contribution < 1.29 is 4.74 Å². The van der Waals surface area contributed by atoms with Crippen LogP contribution in [0.3, 0.4) is 0 Å². The first-order valence-corrected chi connectivity index (χ1v) is 12.2. The summed E-state index contributed by atoms with van der Waals surface area (Å²) in [6.07, 6.45) is 13.3. The lowest BCUT2D eigenvalue weighted by Gasteiger charge is -2.07. The highest BCUT2D eigenvalue weighted by atomic mass is 16.5. The van der Waals surface area contributed by atoms with E-state index in [-0.39, 0.29) is 0 Å². The van der Waals surface area contributed by atoms with Crippen LogP contribution in [0.15, 0.2) is 54.6 Å². The van der Waals surface area contributed by atoms with E-state index in [0.717, 1.165) is 24.1 Å². The second kappa shape index (κ2) is 13.2. The molecule has 0 unspecified atom stereocenters. The molecule has 1 N–H and O–H groups in total. The van der Waals surface area contributed by atoms with Crippen LogP contribution in [-0.2, 0) is 18.0 Å². The van der Waals surface area contributed by atoms with Crippen LogP contribution in [0, 0.1) is 5.41 Å². The van der Waals surface area contributed by atoms with Crippen LogP contribution in [0.2, 0.25) is 0 Å². The third-order valence-corrected chi connectivity index (χ3v) is 6.02. The van der Waals surface area contributed by atoms with Gasteiger partial charge in [0.25, 0.3) is 0 Å². The zero-order chi connectivity index (χ0) is 21.7. The van der Waals surface area contributed by atoms with Gasteiger partial charge in [-0.1, -0.05) is 107 Å². The topological polar surface area (TPSA) is 42.9 Å². The number of benzene rings is 2. The maximum atomic E-state index is 8.72. The van der Waals surface area contributed by atoms with E-state index in [1.165, 1.54) is 63.4 Å². The van der Waals surface area contributed by atoms with Crippen LogP contribution in [-0.4, -0.2) is 15.7 Å². The first-order valence-electron chi connectivity index (χ1n) is 12.2. The van der Waals surface area contributed by atoms with Gasteiger partial charge in [-0.15, -0.1) is 0 Å². The van der Waals surface area contributed by atoms with Crippen LogP contribution in [0.5, 0.6) is 0 Å². The number of nitrogens with zero attached hydrogens (tertiary/aromatic N) is 2. The van der Waals surface area contributed by atoms with Crippen molar-refractivity contribution in [1.82, 2.24) is 9.13 Å². The maximum absolute atomic E-state index is 8.72. The standard InChI is InChI=1S/C27H39N3O/c1-2-3-4-5-6-7-8-9-10-16-21-31-23-30-26-20-15-14-19-25(26)29(27(30)28)22-24-17-12-11-13-18-24/h11-15,17-20,28H,2-10,16,21-23H2,1H3. The summed E-state index contributed by atoms with van der Waals surface area (Å²) in [5.74, 6) is 0. The number of unbranched alkanes of at least 4 members (excludes halogenated alkanes) is 9. The monoisotopic (exact) mass is 421 g/mol. The summed E-state index contributed by atoms with van der Waals surface area (Å²) in [6.45, 7) is 4.18. The lowest BCUT2D eigenvalue weighted by atomic mass is 10.1. The predicted octanol–water partition coefficient (Wildman–Crippen LogP) is 6.87. The molecule has 168 valence electrons. The van der Waals surface area contributed by atoms with Crippen LogP contribution < -0.4 is 5.62 Å². The second-order valence-corrected chi connectivity index (χ2v) is 8.53. The molecule has 0 spiro atoms. The molecular formula is C27H39N3O. The van der Waals surface area contributed by atoms with Crippen LogP contribution in [0.1, 0.15) is 76.7 Å². The number of rotatable bonds is 15. The molecule has 0 radical (unpaired) electrons. The Labute approximate surface area is 187 Å². The number of hydrogen-bond acceptors (Lipinski definition) is 2. The minimum Gasteiger partial charge on any atom is -0.361 e. The Kier molecular flexibility index (Phi) is 9.91. The molecule has 0 saturated carbocycles. The molecule has 3 aromatic rings. The molecule has 0 aliphatic heterocycles. The van der Waals surface area contributed by atoms with E-state index < -0.39 is 0 Å². The number of hydrogen-bond donors (Lipinski definition) is 1. The van der Waals surface area contributed by atoms with Gasteiger partial charge in [-0.3, -0.25) is 9.98 Å². The van der Waals surface area contributed by atoms with Gasteiger partial charge in [0, 0.05) is 6.61 Å². The van der Waals surface area contributed by atoms with Crippen molar-refractivity contribution in [2.24, 2.45) is 0 Å². The zero-order valence-corrected chi connectivity index (χ0v) is 19.2. The number of nitrogens with one attached hydrogen (secondary N) is 1. The summed E-state index contributed by atoms with van der Waals surface area (Å²) in [5.41, 5.74) is 3.84. The minimum absolute atomic E-state index is 0.443. The number of imidazole rings is 1. The predicted molar refractivity (Wildman–Crippen MR) is 129 cm³/mol. The van der Waals surface area contributed by atoms with Gasteiger partial charge in [0.1, 0.15) is 6.73 Å². The van der Waals surface area contributed by atoms with E-state index in [4.69, 9.17) is 10.1 Å². The van der Waals surface area contributed by atoms with Crippen molar-refractivity contribution in [3.63, 3.8) is 0 Å². The Morgan fingerprint density at radius 2 is 1.23 bits per heavy atom. The quantitative estimate of drug-likeness (QED) is 0.267. The van der Waals surface area contributed by atoms with Gasteiger partial charge in [0.05, 0.1) is 17.6 Å². The molecular weight excluding hydrogens is 382 g/mol. The van der Waals surface area contributed by atoms with Crippen molar-refractivity contribution in [1.29, 1.82) is 5.41 Å². The average molecular weight is 422 g/mol. The third-order valence-electron chi connectivity index (χ3n) is 6.02. The van der Waals surface area contributed by atoms with E-state index in [0.29, 0.717) is 18.9 Å². The number of para-hydroxylation sites is 2. The average Bonchev–Trinajstić information content (AvgIpc) is 3.06. The second-order valence-electron chi connectivity index (χ2n) is 8.53. The molecule has 31 heavy (non-hydrogen) atoms. The van der Waals surface area contributed by atoms with Crippen LogP contribution in [0.4, 0.5) is 0 Å². The molecule has 0 atom stereocenters. The summed E-state index contributed by atoms with van der Waals surface area (Å²) in [4.78, 5) is 0. The van der Waals surface area contributed by atoms with Gasteiger partial charge in [-0.2, -0.15) is 0 Å². The van der Waals surface area contributed by atoms with Crippen molar-refractivity contribution in [3.05, 3.63) is 65.8 Å². The molecule has 2 aromatic carbocycles. The van der Waals surface area contributed by atoms with Gasteiger partial charge in [-0.05, 0) is 24.1 Å². The normalized spacial score (nSPS) is 11.4. The van der Waals surface area contributed by atoms with E-state index in [1.807, 2.05) is 34.9 Å². The molecule has 4 heteroatoms. The largest absolute Gasteiger partial charge is 0.361 e. The first kappa shape index (κ1) is 23.3. The fraction of sp³-hybridized carbons (Fsp3) is 0.519. The number of ether oxygens (including phenoxy) is 1. The fourth-order valence-electron chi connectivity index (χ4n) is 4.20. The molecule has 1 heterocycles. The van der Waals surface area contributed by atoms with Crippen LogP contribution >= 0.6 is 0 Å². The Bertz CT molecular complexity index is 942. The van der Waals surface area contributed by atoms with E-state index in [9.17, 15) is 0 Å². The van der Waals surface area contributed by atoms with Crippen molar-refractivity contribution in [3.8, 4) is 0 Å². The summed E-state index contributed by atoms with van der Waals surface area (Å²) >= 11 is 0. The molecule has 0 saturated heterocycles. The molecule has 0 aliphatic carbocycles. The first-order chi connectivity index (χ1) is 15.3. The minimum atomic E-state index is 0.443. The summed E-state index contributed by atoms with van der Waals surface area (Å²) in [5, 5.41) is 8.72. The molecule has 3 rings (SSSR count). The Morgan fingerprint density at radius 1 is 0.677 bits per heavy atom. The highest BCUT2D eigenvalue weighted by molar-refractivity contribution is 5.75. The molecule has 0 bridgehead atoms. The van der Waals surface area contributed by atoms with Crippen LogP contribution in [0.25, 0.3) is 11.0 Å². The fourth-order valence-corrected chi connectivity index (χ4v) is 4.20. The van der Waals surface area contributed by atoms with Crippen molar-refractivity contribution in [2.75, 3.05) is 6.61 Å². The van der Waals surface area contributed by atoms with E-state index in [2.05, 4.69) is 35.8 Å². The van der Waals surface area contributed by atoms with Gasteiger partial charge in [-0.25, -0.2) is 0 Å². The van der Waals surface area contributed by atoms with E-state index in [1.54, 1.807) is 0 Å². The molecule has 1 aromatic heterocycles. The SMILES string of the molecule is CCCCCCCCCCCCOCn1c(=N)n(Cc2ccccc2)c2ccccc21. The molecule has 0 amide bonds. The highest BCUT2D eigenvalue weighted by Crippen LogP contribution is 2.15. The van der Waals surface area contributed by atoms with Gasteiger partial charge < -0.3 is 9.30 Å². The number of aromatic nitrogens is 2. The Hall–Kier alpha value is -2.33. The van der Waals surface area contributed by atoms with Gasteiger partial charge in [0.2, 0.25) is 5.62 Å². The molecule has 0 aliphatic rings. The van der Waals surface area contributed by atoms with Crippen molar-refractivity contribution in [2.45, 2.75) is 84.4 Å². The Morgan fingerprint density at radius 3 is 1.87 bits per heavy atom. The van der Waals surface area contributed by atoms with E-state index >= 15 is 0 Å². The smallest absolute Gasteiger partial charge is 0.205 e. The molecule has 0 fully saturated rings. The lowest BCUT2D eigenvalue weighted by Crippen LogP contribution is -2.26. The maximum Gasteiger partial charge on any atom is 0.205 e. The Balaban J connectivity index is 1.44. The summed E-state index contributed by atoms with van der Waals surface area (Å²) < 4.78 is 10.0.